The van der Waals surface area contributed by atoms with Gasteiger partial charge in [0, 0.05) is 42.6 Å². The molecule has 0 fully saturated rings. The zero-order valence-corrected chi connectivity index (χ0v) is 14.9. The van der Waals surface area contributed by atoms with Crippen LogP contribution >= 0.6 is 0 Å². The Kier molecular flexibility index (Phi) is 4.75. The van der Waals surface area contributed by atoms with Crippen LogP contribution in [0.1, 0.15) is 29.8 Å². The maximum Gasteiger partial charge on any atom is 0.310 e. The number of nitrogens with one attached hydrogen (secondary N) is 2. The monoisotopic (exact) mass is 355 g/mol. The summed E-state index contributed by atoms with van der Waals surface area (Å²) in [6, 6.07) is 6.40. The van der Waals surface area contributed by atoms with E-state index in [1.807, 2.05) is 26.0 Å². The third-order valence-electron chi connectivity index (χ3n) is 4.63. The molecule has 26 heavy (non-hydrogen) atoms. The number of rotatable bonds is 4. The summed E-state index contributed by atoms with van der Waals surface area (Å²) in [5, 5.41) is 9.19. The minimum atomic E-state index is -0.843. The van der Waals surface area contributed by atoms with Gasteiger partial charge in [0.1, 0.15) is 6.04 Å². The summed E-state index contributed by atoms with van der Waals surface area (Å²) in [5.74, 6) is -1.86. The summed E-state index contributed by atoms with van der Waals surface area (Å²) < 4.78 is 1.69. The van der Waals surface area contributed by atoms with Gasteiger partial charge in [0.25, 0.3) is 5.91 Å². The second kappa shape index (κ2) is 6.99. The lowest BCUT2D eigenvalue weighted by Gasteiger charge is -2.15. The van der Waals surface area contributed by atoms with Gasteiger partial charge in [-0.15, -0.1) is 0 Å². The number of hydrogen-bond donors (Lipinski definition) is 2. The van der Waals surface area contributed by atoms with E-state index >= 15 is 0 Å². The normalized spacial score (nSPS) is 15.7. The third-order valence-corrected chi connectivity index (χ3v) is 4.63. The van der Waals surface area contributed by atoms with Crippen LogP contribution in [0.5, 0.6) is 0 Å². The third kappa shape index (κ3) is 3.05. The number of anilines is 1. The summed E-state index contributed by atoms with van der Waals surface area (Å²) in [5.41, 5.74) is 3.19. The number of aryl methyl sites for hydroxylation is 1. The van der Waals surface area contributed by atoms with Gasteiger partial charge < -0.3 is 15.5 Å². The molecule has 2 N–H and O–H groups in total. The molecule has 3 rings (SSSR count). The van der Waals surface area contributed by atoms with Crippen LogP contribution in [0.15, 0.2) is 30.5 Å². The van der Waals surface area contributed by atoms with Crippen molar-refractivity contribution in [2.75, 3.05) is 11.4 Å². The molecule has 8 heteroatoms. The lowest BCUT2D eigenvalue weighted by Crippen LogP contribution is -2.44. The van der Waals surface area contributed by atoms with Gasteiger partial charge in [0.2, 0.25) is 0 Å². The molecule has 0 saturated heterocycles. The number of amides is 3. The predicted octanol–water partition coefficient (Wildman–Crippen LogP) is 0.569. The number of carbonyl (C=O) groups excluding carboxylic acids is 3. The van der Waals surface area contributed by atoms with Crippen molar-refractivity contribution in [3.63, 3.8) is 0 Å². The maximum atomic E-state index is 12.5. The fourth-order valence-electron chi connectivity index (χ4n) is 3.02. The first-order chi connectivity index (χ1) is 12.4. The van der Waals surface area contributed by atoms with Crippen LogP contribution in [0, 0.1) is 6.92 Å². The van der Waals surface area contributed by atoms with E-state index in [1.54, 1.807) is 35.0 Å². The molecule has 0 aliphatic carbocycles. The van der Waals surface area contributed by atoms with Crippen molar-refractivity contribution < 1.29 is 14.4 Å². The number of likely N-dealkylation sites (N-methyl/N-ethyl adjacent to an activating group) is 1. The number of benzene rings is 1. The highest BCUT2D eigenvalue weighted by Crippen LogP contribution is 2.35. The number of fused-ring (bicyclic) bond motifs is 1. The van der Waals surface area contributed by atoms with Gasteiger partial charge in [-0.25, -0.2) is 0 Å². The Morgan fingerprint density at radius 1 is 1.23 bits per heavy atom. The summed E-state index contributed by atoms with van der Waals surface area (Å²) in [6.07, 6.45) is 1.64. The Labute approximate surface area is 151 Å². The van der Waals surface area contributed by atoms with Gasteiger partial charge in [-0.2, -0.15) is 5.10 Å². The lowest BCUT2D eigenvalue weighted by atomic mass is 10.1. The van der Waals surface area contributed by atoms with E-state index in [1.165, 1.54) is 0 Å². The summed E-state index contributed by atoms with van der Waals surface area (Å²) >= 11 is 0. The zero-order valence-electron chi connectivity index (χ0n) is 14.9. The van der Waals surface area contributed by atoms with Crippen LogP contribution in [-0.2, 0) is 28.0 Å². The number of nitrogens with zero attached hydrogens (tertiary/aromatic N) is 3. The van der Waals surface area contributed by atoms with Crippen LogP contribution in [0.25, 0.3) is 0 Å². The molecule has 1 aliphatic heterocycles. The molecular weight excluding hydrogens is 334 g/mol. The SMILES string of the molecule is CCN1C(=O)[C@@H](NC(=O)C(=O)NCc2cnn(C)c2C)c2ccccc21. The minimum absolute atomic E-state index is 0.197. The largest absolute Gasteiger partial charge is 0.344 e. The van der Waals surface area contributed by atoms with Gasteiger partial charge in [-0.05, 0) is 19.9 Å². The second-order valence-corrected chi connectivity index (χ2v) is 6.11. The van der Waals surface area contributed by atoms with Gasteiger partial charge >= 0.3 is 11.8 Å². The molecule has 8 nitrogen and oxygen atoms in total. The molecule has 2 aromatic rings. The molecule has 0 saturated carbocycles. The number of para-hydroxylation sites is 1. The smallest absolute Gasteiger partial charge is 0.310 e. The average molecular weight is 355 g/mol. The fraction of sp³-hybridized carbons (Fsp3) is 0.333. The maximum absolute atomic E-state index is 12.5. The highest BCUT2D eigenvalue weighted by Gasteiger charge is 2.38. The van der Waals surface area contributed by atoms with E-state index in [0.29, 0.717) is 12.1 Å². The molecule has 3 amide bonds. The van der Waals surface area contributed by atoms with Crippen molar-refractivity contribution in [3.8, 4) is 0 Å². The molecule has 2 heterocycles. The van der Waals surface area contributed by atoms with Gasteiger partial charge in [0.15, 0.2) is 0 Å². The van der Waals surface area contributed by atoms with Gasteiger partial charge in [-0.1, -0.05) is 18.2 Å². The molecule has 1 aliphatic rings. The first kappa shape index (κ1) is 17.7. The predicted molar refractivity (Wildman–Crippen MR) is 95.1 cm³/mol. The molecule has 1 aromatic heterocycles. The van der Waals surface area contributed by atoms with E-state index in [-0.39, 0.29) is 12.5 Å². The first-order valence-electron chi connectivity index (χ1n) is 8.40. The Balaban J connectivity index is 1.67. The zero-order chi connectivity index (χ0) is 18.8. The highest BCUT2D eigenvalue weighted by molar-refractivity contribution is 6.35. The van der Waals surface area contributed by atoms with Crippen LogP contribution in [0.4, 0.5) is 5.69 Å². The van der Waals surface area contributed by atoms with Crippen LogP contribution in [0.2, 0.25) is 0 Å². The number of carbonyl (C=O) groups is 3. The van der Waals surface area contributed by atoms with Crippen molar-refractivity contribution in [3.05, 3.63) is 47.3 Å². The van der Waals surface area contributed by atoms with Crippen LogP contribution in [-0.4, -0.2) is 34.0 Å². The standard InChI is InChI=1S/C18H21N5O3/c1-4-23-14-8-6-5-7-13(14)15(18(23)26)21-17(25)16(24)19-9-12-10-20-22(3)11(12)2/h5-8,10,15H,4,9H2,1-3H3,(H,19,24)(H,21,25)/t15-/m0/s1. The molecule has 0 unspecified atom stereocenters. The molecule has 0 spiro atoms. The van der Waals surface area contributed by atoms with Crippen molar-refractivity contribution in [2.45, 2.75) is 26.4 Å². The Morgan fingerprint density at radius 3 is 2.62 bits per heavy atom. The summed E-state index contributed by atoms with van der Waals surface area (Å²) in [6.45, 7) is 4.43. The van der Waals surface area contributed by atoms with Crippen molar-refractivity contribution in [1.82, 2.24) is 20.4 Å². The van der Waals surface area contributed by atoms with E-state index in [2.05, 4.69) is 15.7 Å². The lowest BCUT2D eigenvalue weighted by molar-refractivity contribution is -0.140. The topological polar surface area (TPSA) is 96.3 Å². The Morgan fingerprint density at radius 2 is 1.96 bits per heavy atom. The molecule has 0 radical (unpaired) electrons. The highest BCUT2D eigenvalue weighted by atomic mass is 16.2. The van der Waals surface area contributed by atoms with E-state index in [4.69, 9.17) is 0 Å². The molecule has 1 aromatic carbocycles. The number of aromatic nitrogens is 2. The Bertz CT molecular complexity index is 873. The van der Waals surface area contributed by atoms with Crippen molar-refractivity contribution in [1.29, 1.82) is 0 Å². The first-order valence-corrected chi connectivity index (χ1v) is 8.40. The average Bonchev–Trinajstić information content (AvgIpc) is 3.10. The molecule has 136 valence electrons. The molecule has 1 atom stereocenters. The van der Waals surface area contributed by atoms with Crippen molar-refractivity contribution >= 4 is 23.4 Å². The summed E-state index contributed by atoms with van der Waals surface area (Å²) in [7, 11) is 1.80. The number of hydrogen-bond acceptors (Lipinski definition) is 4. The van der Waals surface area contributed by atoms with Crippen molar-refractivity contribution in [2.24, 2.45) is 7.05 Å². The van der Waals surface area contributed by atoms with Gasteiger partial charge in [0.05, 0.1) is 6.20 Å². The Hall–Kier alpha value is -3.16. The van der Waals surface area contributed by atoms with E-state index in [9.17, 15) is 14.4 Å². The minimum Gasteiger partial charge on any atom is -0.344 e. The summed E-state index contributed by atoms with van der Waals surface area (Å²) in [4.78, 5) is 38.5. The van der Waals surface area contributed by atoms with Gasteiger partial charge in [-0.3, -0.25) is 19.1 Å². The molecule has 0 bridgehead atoms. The van der Waals surface area contributed by atoms with Crippen LogP contribution in [0.3, 0.4) is 0 Å². The fourth-order valence-corrected chi connectivity index (χ4v) is 3.02. The van der Waals surface area contributed by atoms with Crippen LogP contribution < -0.4 is 15.5 Å². The van der Waals surface area contributed by atoms with E-state index < -0.39 is 17.9 Å². The van der Waals surface area contributed by atoms with E-state index in [0.717, 1.165) is 16.9 Å². The quantitative estimate of drug-likeness (QED) is 0.784. The molecular formula is C18H21N5O3. The second-order valence-electron chi connectivity index (χ2n) is 6.11.